The molecule has 22 heavy (non-hydrogen) atoms. The predicted molar refractivity (Wildman–Crippen MR) is 91.3 cm³/mol. The lowest BCUT2D eigenvalue weighted by molar-refractivity contribution is -0.120. The molecule has 1 rings (SSSR count). The summed E-state index contributed by atoms with van der Waals surface area (Å²) in [4.78, 5) is 28.8. The van der Waals surface area contributed by atoms with Gasteiger partial charge < -0.3 is 5.32 Å². The largest absolute Gasteiger partial charge is 0.355 e. The van der Waals surface area contributed by atoms with Crippen molar-refractivity contribution in [2.75, 3.05) is 6.54 Å². The Balaban J connectivity index is 2.95. The summed E-state index contributed by atoms with van der Waals surface area (Å²) in [6.07, 6.45) is 4.45. The molecule has 1 unspecified atom stereocenters. The van der Waals surface area contributed by atoms with Crippen LogP contribution in [0, 0.1) is 0 Å². The fourth-order valence-corrected chi connectivity index (χ4v) is 3.12. The highest BCUT2D eigenvalue weighted by atomic mass is 32.2. The molecule has 1 atom stereocenters. The first-order valence-electron chi connectivity index (χ1n) is 8.04. The SMILES string of the molecule is CCCCC(Sc1nc(CC)cc(=O)n1C)C(=O)NCCC. The van der Waals surface area contributed by atoms with E-state index in [4.69, 9.17) is 0 Å². The van der Waals surface area contributed by atoms with Gasteiger partial charge in [-0.2, -0.15) is 0 Å². The molecule has 0 spiro atoms. The molecule has 0 saturated carbocycles. The van der Waals surface area contributed by atoms with E-state index in [-0.39, 0.29) is 16.7 Å². The Hall–Kier alpha value is -1.30. The number of hydrogen-bond acceptors (Lipinski definition) is 4. The Bertz CT molecular complexity index is 543. The molecule has 1 N–H and O–H groups in total. The zero-order chi connectivity index (χ0) is 16.5. The van der Waals surface area contributed by atoms with Crippen LogP contribution in [0.5, 0.6) is 0 Å². The molecule has 0 aromatic carbocycles. The van der Waals surface area contributed by atoms with Gasteiger partial charge in [0.2, 0.25) is 5.91 Å². The summed E-state index contributed by atoms with van der Waals surface area (Å²) in [6.45, 7) is 6.80. The Morgan fingerprint density at radius 1 is 1.36 bits per heavy atom. The standard InChI is InChI=1S/C16H27N3O2S/c1-5-8-9-13(15(21)17-10-6-2)22-16-18-12(7-3)11-14(20)19(16)4/h11,13H,5-10H2,1-4H3,(H,17,21). The van der Waals surface area contributed by atoms with Crippen molar-refractivity contribution in [1.29, 1.82) is 0 Å². The molecule has 1 amide bonds. The molecule has 5 nitrogen and oxygen atoms in total. The van der Waals surface area contributed by atoms with Crippen LogP contribution in [-0.2, 0) is 18.3 Å². The van der Waals surface area contributed by atoms with Crippen LogP contribution in [-0.4, -0.2) is 27.3 Å². The van der Waals surface area contributed by atoms with E-state index in [1.807, 2.05) is 13.8 Å². The minimum absolute atomic E-state index is 0.0384. The first-order valence-corrected chi connectivity index (χ1v) is 8.92. The molecule has 1 aromatic rings. The number of unbranched alkanes of at least 4 members (excludes halogenated alkanes) is 1. The van der Waals surface area contributed by atoms with Crippen molar-refractivity contribution < 1.29 is 4.79 Å². The van der Waals surface area contributed by atoms with Crippen molar-refractivity contribution in [2.45, 2.75) is 63.3 Å². The Morgan fingerprint density at radius 3 is 2.68 bits per heavy atom. The number of carbonyl (C=O) groups excluding carboxylic acids is 1. The number of amides is 1. The van der Waals surface area contributed by atoms with Crippen LogP contribution >= 0.6 is 11.8 Å². The average Bonchev–Trinajstić information content (AvgIpc) is 2.52. The Kier molecular flexibility index (Phi) is 8.24. The van der Waals surface area contributed by atoms with Crippen molar-refractivity contribution in [1.82, 2.24) is 14.9 Å². The molecule has 0 aliphatic rings. The maximum atomic E-state index is 12.3. The van der Waals surface area contributed by atoms with Gasteiger partial charge >= 0.3 is 0 Å². The van der Waals surface area contributed by atoms with Crippen LogP contribution < -0.4 is 10.9 Å². The topological polar surface area (TPSA) is 64.0 Å². The maximum absolute atomic E-state index is 12.3. The molecule has 0 radical (unpaired) electrons. The van der Waals surface area contributed by atoms with E-state index in [0.717, 1.165) is 31.4 Å². The lowest BCUT2D eigenvalue weighted by Gasteiger charge is -2.17. The van der Waals surface area contributed by atoms with E-state index in [1.165, 1.54) is 16.3 Å². The number of rotatable bonds is 9. The van der Waals surface area contributed by atoms with E-state index in [2.05, 4.69) is 17.2 Å². The molecular weight excluding hydrogens is 298 g/mol. The molecule has 0 saturated heterocycles. The van der Waals surface area contributed by atoms with Gasteiger partial charge in [0.05, 0.1) is 5.25 Å². The van der Waals surface area contributed by atoms with E-state index >= 15 is 0 Å². The monoisotopic (exact) mass is 325 g/mol. The summed E-state index contributed by atoms with van der Waals surface area (Å²) in [5.41, 5.74) is 0.700. The number of aryl methyl sites for hydroxylation is 1. The Morgan fingerprint density at radius 2 is 2.09 bits per heavy atom. The van der Waals surface area contributed by atoms with Crippen LogP contribution in [0.1, 0.15) is 52.1 Å². The van der Waals surface area contributed by atoms with Crippen molar-refractivity contribution in [3.8, 4) is 0 Å². The lowest BCUT2D eigenvalue weighted by Crippen LogP contribution is -2.34. The van der Waals surface area contributed by atoms with Gasteiger partial charge in [-0.15, -0.1) is 0 Å². The maximum Gasteiger partial charge on any atom is 0.254 e. The zero-order valence-corrected chi connectivity index (χ0v) is 14.8. The highest BCUT2D eigenvalue weighted by Gasteiger charge is 2.21. The molecule has 1 heterocycles. The van der Waals surface area contributed by atoms with Crippen LogP contribution in [0.3, 0.4) is 0 Å². The van der Waals surface area contributed by atoms with Gasteiger partial charge in [0.25, 0.3) is 5.56 Å². The molecule has 1 aromatic heterocycles. The molecule has 0 aliphatic heterocycles. The molecular formula is C16H27N3O2S. The first-order chi connectivity index (χ1) is 10.5. The van der Waals surface area contributed by atoms with Gasteiger partial charge in [0.1, 0.15) is 0 Å². The third kappa shape index (κ3) is 5.48. The van der Waals surface area contributed by atoms with Crippen LogP contribution in [0.2, 0.25) is 0 Å². The molecule has 0 aliphatic carbocycles. The third-order valence-electron chi connectivity index (χ3n) is 3.42. The van der Waals surface area contributed by atoms with Gasteiger partial charge in [-0.3, -0.25) is 14.2 Å². The third-order valence-corrected chi connectivity index (χ3v) is 4.73. The fourth-order valence-electron chi connectivity index (χ4n) is 1.97. The second-order valence-electron chi connectivity index (χ2n) is 5.32. The van der Waals surface area contributed by atoms with Gasteiger partial charge in [-0.05, 0) is 19.3 Å². The first kappa shape index (κ1) is 18.7. The second-order valence-corrected chi connectivity index (χ2v) is 6.49. The minimum atomic E-state index is -0.197. The number of hydrogen-bond donors (Lipinski definition) is 1. The number of carbonyl (C=O) groups is 1. The van der Waals surface area contributed by atoms with Crippen molar-refractivity contribution >= 4 is 17.7 Å². The number of aromatic nitrogens is 2. The van der Waals surface area contributed by atoms with Crippen LogP contribution in [0.15, 0.2) is 16.0 Å². The average molecular weight is 325 g/mol. The minimum Gasteiger partial charge on any atom is -0.355 e. The van der Waals surface area contributed by atoms with E-state index < -0.39 is 0 Å². The van der Waals surface area contributed by atoms with Crippen molar-refractivity contribution in [3.05, 3.63) is 22.1 Å². The molecule has 124 valence electrons. The Labute approximate surface area is 136 Å². The summed E-state index contributed by atoms with van der Waals surface area (Å²) < 4.78 is 1.52. The summed E-state index contributed by atoms with van der Waals surface area (Å²) >= 11 is 1.40. The summed E-state index contributed by atoms with van der Waals surface area (Å²) in [6, 6.07) is 1.56. The number of nitrogens with one attached hydrogen (secondary N) is 1. The van der Waals surface area contributed by atoms with Gasteiger partial charge in [-0.1, -0.05) is 45.4 Å². The van der Waals surface area contributed by atoms with Gasteiger partial charge in [-0.25, -0.2) is 4.98 Å². The predicted octanol–water partition coefficient (Wildman–Crippen LogP) is 2.52. The summed E-state index contributed by atoms with van der Waals surface area (Å²) in [5, 5.41) is 3.37. The lowest BCUT2D eigenvalue weighted by atomic mass is 10.2. The highest BCUT2D eigenvalue weighted by molar-refractivity contribution is 8.00. The fraction of sp³-hybridized carbons (Fsp3) is 0.688. The van der Waals surface area contributed by atoms with E-state index in [1.54, 1.807) is 13.1 Å². The number of nitrogens with zero attached hydrogens (tertiary/aromatic N) is 2. The van der Waals surface area contributed by atoms with Crippen LogP contribution in [0.25, 0.3) is 0 Å². The quantitative estimate of drug-likeness (QED) is 0.560. The normalized spacial score (nSPS) is 12.2. The second kappa shape index (κ2) is 9.66. The molecule has 6 heteroatoms. The van der Waals surface area contributed by atoms with Crippen molar-refractivity contribution in [3.63, 3.8) is 0 Å². The van der Waals surface area contributed by atoms with E-state index in [9.17, 15) is 9.59 Å². The van der Waals surface area contributed by atoms with E-state index in [0.29, 0.717) is 18.1 Å². The molecule has 0 fully saturated rings. The van der Waals surface area contributed by atoms with Crippen LogP contribution in [0.4, 0.5) is 0 Å². The summed E-state index contributed by atoms with van der Waals surface area (Å²) in [7, 11) is 1.71. The van der Waals surface area contributed by atoms with Gasteiger partial charge in [0, 0.05) is 25.4 Å². The molecule has 0 bridgehead atoms. The van der Waals surface area contributed by atoms with Gasteiger partial charge in [0.15, 0.2) is 5.16 Å². The number of thioether (sulfide) groups is 1. The highest BCUT2D eigenvalue weighted by Crippen LogP contribution is 2.24. The smallest absolute Gasteiger partial charge is 0.254 e. The zero-order valence-electron chi connectivity index (χ0n) is 14.0. The summed E-state index contributed by atoms with van der Waals surface area (Å²) in [5.74, 6) is 0.0384. The van der Waals surface area contributed by atoms with Crippen molar-refractivity contribution in [2.24, 2.45) is 7.05 Å².